The molecule has 0 N–H and O–H groups in total. The van der Waals surface area contributed by atoms with Gasteiger partial charge in [0.05, 0.1) is 38.7 Å². The van der Waals surface area contributed by atoms with E-state index in [0.717, 1.165) is 13.1 Å². The van der Waals surface area contributed by atoms with E-state index in [-0.39, 0.29) is 12.4 Å². The monoisotopic (exact) mass is 622 g/mol. The van der Waals surface area contributed by atoms with Crippen molar-refractivity contribution in [3.8, 4) is 0 Å². The average molecular weight is 623 g/mol. The molecule has 0 aromatic rings. The molecule has 40 heavy (non-hydrogen) atoms. The Bertz CT molecular complexity index is 409. The number of hydrogen-bond donors (Lipinski definition) is 2. The normalized spacial score (nSPS) is 11.7. The van der Waals surface area contributed by atoms with Crippen molar-refractivity contribution in [1.82, 2.24) is 0 Å². The van der Waals surface area contributed by atoms with Crippen LogP contribution in [-0.4, -0.2) is 16.4 Å². The van der Waals surface area contributed by atoms with Crippen molar-refractivity contribution >= 4 is 25.6 Å². The largest absolute Gasteiger partial charge is 1.00 e. The minimum atomic E-state index is 0. The number of hydrogen-bond acceptors (Lipinski definition) is 2. The van der Waals surface area contributed by atoms with Gasteiger partial charge in [0.25, 0.3) is 0 Å². The third kappa shape index (κ3) is 37.0. The Balaban J connectivity index is 0. The van der Waals surface area contributed by atoms with Crippen LogP contribution in [-0.2, 0) is 0 Å². The van der Waals surface area contributed by atoms with Crippen LogP contribution in [0.5, 0.6) is 0 Å². The van der Waals surface area contributed by atoms with Gasteiger partial charge >= 0.3 is 0 Å². The maximum Gasteiger partial charge on any atom is 0.0998 e. The molecule has 0 amide bonds. The molecule has 0 aliphatic carbocycles. The van der Waals surface area contributed by atoms with Crippen molar-refractivity contribution in [1.29, 1.82) is 0 Å². The molecular weight excluding hydrogens is 546 g/mol. The van der Waals surface area contributed by atoms with Crippen molar-refractivity contribution in [3.63, 3.8) is 0 Å². The molecule has 4 heteroatoms. The molecule has 0 bridgehead atoms. The van der Waals surface area contributed by atoms with Gasteiger partial charge in [0.1, 0.15) is 0 Å². The third-order valence-electron chi connectivity index (χ3n) is 8.74. The summed E-state index contributed by atoms with van der Waals surface area (Å²) in [5.74, 6) is 0. The Morgan fingerprint density at radius 3 is 0.600 bits per heavy atom. The maximum absolute atomic E-state index is 4.84. The molecule has 0 rings (SSSR count). The van der Waals surface area contributed by atoms with Crippen molar-refractivity contribution in [2.24, 2.45) is 0 Å². The molecule has 244 valence electrons. The van der Waals surface area contributed by atoms with Crippen LogP contribution in [0, 0.1) is 0 Å². The van der Waals surface area contributed by atoms with Crippen LogP contribution in [0.15, 0.2) is 0 Å². The van der Waals surface area contributed by atoms with E-state index in [2.05, 4.69) is 13.8 Å². The molecule has 0 unspecified atom stereocenters. The summed E-state index contributed by atoms with van der Waals surface area (Å²) in [5.41, 5.74) is 0. The van der Waals surface area contributed by atoms with Gasteiger partial charge in [-0.05, 0) is 25.7 Å². The Morgan fingerprint density at radius 2 is 0.425 bits per heavy atom. The van der Waals surface area contributed by atoms with Crippen LogP contribution in [0.25, 0.3) is 0 Å². The molecule has 0 radical (unpaired) electrons. The summed E-state index contributed by atoms with van der Waals surface area (Å²) in [4.78, 5) is 0. The summed E-state index contributed by atoms with van der Waals surface area (Å²) in [7, 11) is 0. The van der Waals surface area contributed by atoms with Crippen LogP contribution >= 0.6 is 25.6 Å². The van der Waals surface area contributed by atoms with Crippen LogP contribution in [0.3, 0.4) is 0 Å². The highest BCUT2D eigenvalue weighted by Gasteiger charge is 2.17. The van der Waals surface area contributed by atoms with Crippen LogP contribution < -0.4 is 12.4 Å². The molecule has 0 saturated heterocycles. The molecule has 0 aromatic heterocycles. The van der Waals surface area contributed by atoms with Crippen molar-refractivity contribution in [2.75, 3.05) is 13.1 Å². The quantitative estimate of drug-likeness (QED) is 0.0398. The minimum Gasteiger partial charge on any atom is -1.00 e. The van der Waals surface area contributed by atoms with Crippen LogP contribution in [0.2, 0.25) is 0 Å². The minimum absolute atomic E-state index is 0. The van der Waals surface area contributed by atoms with Gasteiger partial charge in [-0.1, -0.05) is 194 Å². The van der Waals surface area contributed by atoms with E-state index in [1.165, 1.54) is 205 Å². The lowest BCUT2D eigenvalue weighted by molar-refractivity contribution is -0.641. The van der Waals surface area contributed by atoms with E-state index in [1.54, 1.807) is 0 Å². The van der Waals surface area contributed by atoms with Crippen molar-refractivity contribution in [2.45, 2.75) is 219 Å². The highest BCUT2D eigenvalue weighted by atomic mass is 35.5. The van der Waals surface area contributed by atoms with Gasteiger partial charge in [-0.15, -0.1) is 0 Å². The first-order valence-electron chi connectivity index (χ1n) is 18.4. The zero-order chi connectivity index (χ0) is 28.5. The molecule has 0 heterocycles. The molecule has 0 fully saturated rings. The number of nitrogens with zero attached hydrogens (tertiary/aromatic N) is 1. The lowest BCUT2D eigenvalue weighted by Crippen LogP contribution is -3.00. The second-order valence-corrected chi connectivity index (χ2v) is 14.8. The first-order chi connectivity index (χ1) is 19.1. The second kappa shape index (κ2) is 36.1. The van der Waals surface area contributed by atoms with Gasteiger partial charge in [0, 0.05) is 0 Å². The van der Waals surface area contributed by atoms with E-state index in [4.69, 9.17) is 25.6 Å². The number of quaternary nitrogens is 1. The highest BCUT2D eigenvalue weighted by Crippen LogP contribution is 2.21. The van der Waals surface area contributed by atoms with Crippen LogP contribution in [0.1, 0.15) is 219 Å². The van der Waals surface area contributed by atoms with E-state index < -0.39 is 0 Å². The van der Waals surface area contributed by atoms with Crippen molar-refractivity contribution in [3.05, 3.63) is 0 Å². The van der Waals surface area contributed by atoms with E-state index in [0.29, 0.717) is 3.29 Å². The van der Waals surface area contributed by atoms with Gasteiger partial charge in [-0.25, -0.2) is 3.29 Å². The second-order valence-electron chi connectivity index (χ2n) is 12.9. The van der Waals surface area contributed by atoms with E-state index in [9.17, 15) is 0 Å². The van der Waals surface area contributed by atoms with E-state index in [1.807, 2.05) is 0 Å². The predicted molar refractivity (Wildman–Crippen MR) is 187 cm³/mol. The molecule has 0 aromatic carbocycles. The fraction of sp³-hybridized carbons (Fsp3) is 1.00. The molecule has 0 saturated carbocycles. The summed E-state index contributed by atoms with van der Waals surface area (Å²) < 4.78 is 0.636. The zero-order valence-corrected chi connectivity index (χ0v) is 30.3. The van der Waals surface area contributed by atoms with Gasteiger partial charge < -0.3 is 12.4 Å². The number of rotatable bonds is 34. The molecule has 0 aliphatic rings. The first kappa shape index (κ1) is 43.1. The molecule has 1 nitrogen and oxygen atoms in total. The highest BCUT2D eigenvalue weighted by molar-refractivity contribution is 7.87. The third-order valence-corrected chi connectivity index (χ3v) is 9.54. The number of thiol groups is 2. The molecule has 0 spiro atoms. The predicted octanol–water partition coefficient (Wildman–Crippen LogP) is 11.0. The van der Waals surface area contributed by atoms with Gasteiger partial charge in [0.2, 0.25) is 0 Å². The summed E-state index contributed by atoms with van der Waals surface area (Å²) in [5, 5.41) is 0. The maximum atomic E-state index is 4.84. The lowest BCUT2D eigenvalue weighted by atomic mass is 10.0. The van der Waals surface area contributed by atoms with Gasteiger partial charge in [-0.2, -0.15) is 0 Å². The van der Waals surface area contributed by atoms with E-state index >= 15 is 0 Å². The smallest absolute Gasteiger partial charge is 0.0998 e. The lowest BCUT2D eigenvalue weighted by Gasteiger charge is -2.24. The van der Waals surface area contributed by atoms with Gasteiger partial charge in [0.15, 0.2) is 0 Å². The fourth-order valence-corrected chi connectivity index (χ4v) is 6.50. The Morgan fingerprint density at radius 1 is 0.275 bits per heavy atom. The Labute approximate surface area is 272 Å². The Hall–Kier alpha value is 0.950. The zero-order valence-electron chi connectivity index (χ0n) is 27.8. The topological polar surface area (TPSA) is 0 Å². The summed E-state index contributed by atoms with van der Waals surface area (Å²) >= 11 is 9.69. The SMILES string of the molecule is CCCCCCCCCCCCCCCCCC[N+](S)(S)CCCCCCCCCCCCCCCCCC.[Cl-]. The molecule has 0 atom stereocenters. The van der Waals surface area contributed by atoms with Gasteiger partial charge in [-0.3, -0.25) is 0 Å². The molecule has 0 aliphatic heterocycles. The van der Waals surface area contributed by atoms with Crippen LogP contribution in [0.4, 0.5) is 0 Å². The fourth-order valence-electron chi connectivity index (χ4n) is 5.94. The number of halogens is 1. The summed E-state index contributed by atoms with van der Waals surface area (Å²) in [6, 6.07) is 0. The Kier molecular flexibility index (Phi) is 38.9. The average Bonchev–Trinajstić information content (AvgIpc) is 2.92. The first-order valence-corrected chi connectivity index (χ1v) is 19.2. The standard InChI is InChI=1S/C36H76NS2.ClH/c1-3-5-7-9-11-13-15-17-19-21-23-25-27-29-31-33-35-37(38,39)36-34-32-30-28-26-24-22-20-18-16-14-12-10-8-6-4-2;/h38-39H,3-36H2,1-2H3;1H/q+1;/p-1. The summed E-state index contributed by atoms with van der Waals surface area (Å²) in [6.07, 6.45) is 45.8. The van der Waals surface area contributed by atoms with Crippen molar-refractivity contribution < 1.29 is 15.7 Å². The summed E-state index contributed by atoms with van der Waals surface area (Å²) in [6.45, 7) is 6.83. The molecular formula is C36H76ClNS2. The number of unbranched alkanes of at least 4 members (excludes halogenated alkanes) is 30.